The van der Waals surface area contributed by atoms with Crippen LogP contribution in [0.25, 0.3) is 0 Å². The SMILES string of the molecule is CC(C(=O)O)S(=O)CC(=O)Nc1ccccc1F. The second-order valence-electron chi connectivity index (χ2n) is 3.53. The fraction of sp³-hybridized carbons (Fsp3) is 0.273. The van der Waals surface area contributed by atoms with E-state index in [1.54, 1.807) is 0 Å². The quantitative estimate of drug-likeness (QED) is 0.838. The van der Waals surface area contributed by atoms with Gasteiger partial charge in [0.15, 0.2) is 0 Å². The minimum absolute atomic E-state index is 0.0255. The van der Waals surface area contributed by atoms with E-state index in [-0.39, 0.29) is 5.69 Å². The lowest BCUT2D eigenvalue weighted by Crippen LogP contribution is -2.29. The number of benzene rings is 1. The van der Waals surface area contributed by atoms with Gasteiger partial charge in [0.1, 0.15) is 16.8 Å². The van der Waals surface area contributed by atoms with Crippen LogP contribution in [0.15, 0.2) is 24.3 Å². The molecule has 1 aromatic carbocycles. The molecule has 1 rings (SSSR count). The van der Waals surface area contributed by atoms with Crippen LogP contribution in [0, 0.1) is 5.82 Å². The van der Waals surface area contributed by atoms with E-state index in [9.17, 15) is 18.2 Å². The third-order valence-corrected chi connectivity index (χ3v) is 3.70. The highest BCUT2D eigenvalue weighted by Crippen LogP contribution is 2.12. The van der Waals surface area contributed by atoms with Crippen molar-refractivity contribution in [2.24, 2.45) is 0 Å². The third-order valence-electron chi connectivity index (χ3n) is 2.16. The van der Waals surface area contributed by atoms with Crippen molar-refractivity contribution in [2.75, 3.05) is 11.1 Å². The summed E-state index contributed by atoms with van der Waals surface area (Å²) in [5, 5.41) is 9.71. The van der Waals surface area contributed by atoms with Crippen LogP contribution in [0.1, 0.15) is 6.92 Å². The largest absolute Gasteiger partial charge is 0.480 e. The molecular weight excluding hydrogens is 261 g/mol. The number of carboxylic acids is 1. The molecule has 0 bridgehead atoms. The Morgan fingerprint density at radius 2 is 2.06 bits per heavy atom. The van der Waals surface area contributed by atoms with Crippen LogP contribution in [0.5, 0.6) is 0 Å². The smallest absolute Gasteiger partial charge is 0.318 e. The molecule has 7 heteroatoms. The normalized spacial score (nSPS) is 13.7. The number of rotatable bonds is 5. The summed E-state index contributed by atoms with van der Waals surface area (Å²) in [4.78, 5) is 22.0. The molecule has 0 aliphatic rings. The molecule has 2 atom stereocenters. The molecule has 2 N–H and O–H groups in total. The highest BCUT2D eigenvalue weighted by molar-refractivity contribution is 7.87. The zero-order valence-electron chi connectivity index (χ0n) is 9.55. The van der Waals surface area contributed by atoms with Crippen molar-refractivity contribution in [2.45, 2.75) is 12.2 Å². The average Bonchev–Trinajstić information content (AvgIpc) is 2.30. The van der Waals surface area contributed by atoms with Gasteiger partial charge in [-0.2, -0.15) is 0 Å². The summed E-state index contributed by atoms with van der Waals surface area (Å²) in [6, 6.07) is 5.54. The van der Waals surface area contributed by atoms with E-state index in [4.69, 9.17) is 5.11 Å². The fourth-order valence-electron chi connectivity index (χ4n) is 1.12. The number of anilines is 1. The van der Waals surface area contributed by atoms with Crippen LogP contribution in [-0.2, 0) is 20.4 Å². The van der Waals surface area contributed by atoms with E-state index in [1.807, 2.05) is 0 Å². The van der Waals surface area contributed by atoms with Crippen LogP contribution >= 0.6 is 0 Å². The molecule has 2 unspecified atom stereocenters. The minimum atomic E-state index is -1.84. The maximum atomic E-state index is 13.2. The summed E-state index contributed by atoms with van der Waals surface area (Å²) in [5.74, 6) is -3.02. The number of hydrogen-bond acceptors (Lipinski definition) is 3. The molecule has 18 heavy (non-hydrogen) atoms. The van der Waals surface area contributed by atoms with E-state index in [0.717, 1.165) is 0 Å². The molecule has 0 aromatic heterocycles. The van der Waals surface area contributed by atoms with Crippen molar-refractivity contribution in [3.8, 4) is 0 Å². The van der Waals surface area contributed by atoms with Crippen LogP contribution in [0.3, 0.4) is 0 Å². The Morgan fingerprint density at radius 3 is 2.61 bits per heavy atom. The molecule has 5 nitrogen and oxygen atoms in total. The van der Waals surface area contributed by atoms with Gasteiger partial charge in [-0.15, -0.1) is 0 Å². The zero-order valence-corrected chi connectivity index (χ0v) is 10.4. The Morgan fingerprint density at radius 1 is 1.44 bits per heavy atom. The van der Waals surface area contributed by atoms with Crippen molar-refractivity contribution < 1.29 is 23.3 Å². The van der Waals surface area contributed by atoms with Crippen LogP contribution < -0.4 is 5.32 Å². The standard InChI is InChI=1S/C11H12FNO4S/c1-7(11(15)16)18(17)6-10(14)13-9-5-3-2-4-8(9)12/h2-5,7H,6H2,1H3,(H,13,14)(H,15,16). The molecule has 0 saturated carbocycles. The van der Waals surface area contributed by atoms with Gasteiger partial charge in [-0.25, -0.2) is 4.39 Å². The van der Waals surface area contributed by atoms with Crippen LogP contribution in [0.4, 0.5) is 10.1 Å². The van der Waals surface area contributed by atoms with Crippen molar-refractivity contribution in [3.63, 3.8) is 0 Å². The first-order valence-corrected chi connectivity index (χ1v) is 6.44. The van der Waals surface area contributed by atoms with E-state index in [1.165, 1.54) is 31.2 Å². The second-order valence-corrected chi connectivity index (χ2v) is 5.29. The number of amides is 1. The number of aliphatic carboxylic acids is 1. The third kappa shape index (κ3) is 3.92. The van der Waals surface area contributed by atoms with Gasteiger partial charge >= 0.3 is 5.97 Å². The average molecular weight is 273 g/mol. The van der Waals surface area contributed by atoms with E-state index < -0.39 is 39.5 Å². The molecule has 98 valence electrons. The van der Waals surface area contributed by atoms with Gasteiger partial charge in [0.25, 0.3) is 0 Å². The Labute approximate surface area is 105 Å². The monoisotopic (exact) mass is 273 g/mol. The summed E-state index contributed by atoms with van der Waals surface area (Å²) < 4.78 is 24.6. The van der Waals surface area contributed by atoms with Gasteiger partial charge in [-0.05, 0) is 19.1 Å². The predicted octanol–water partition coefficient (Wildman–Crippen LogP) is 0.986. The Balaban J connectivity index is 2.60. The zero-order chi connectivity index (χ0) is 13.7. The first kappa shape index (κ1) is 14.3. The molecule has 0 spiro atoms. The highest BCUT2D eigenvalue weighted by atomic mass is 32.2. The molecule has 0 aliphatic carbocycles. The molecule has 1 aromatic rings. The van der Waals surface area contributed by atoms with Crippen LogP contribution in [0.2, 0.25) is 0 Å². The Bertz CT molecular complexity index is 492. The number of carbonyl (C=O) groups excluding carboxylic acids is 1. The van der Waals surface area contributed by atoms with Crippen molar-refractivity contribution in [1.82, 2.24) is 0 Å². The van der Waals surface area contributed by atoms with Gasteiger partial charge in [0.05, 0.1) is 5.69 Å². The molecule has 0 saturated heterocycles. The number of nitrogens with one attached hydrogen (secondary N) is 1. The molecule has 1 amide bonds. The summed E-state index contributed by atoms with van der Waals surface area (Å²) in [7, 11) is -1.84. The van der Waals surface area contributed by atoms with Crippen molar-refractivity contribution in [1.29, 1.82) is 0 Å². The lowest BCUT2D eigenvalue weighted by Gasteiger charge is -2.08. The van der Waals surface area contributed by atoms with E-state index >= 15 is 0 Å². The van der Waals surface area contributed by atoms with Gasteiger partial charge in [-0.1, -0.05) is 12.1 Å². The Kier molecular flexibility index (Phi) is 4.96. The number of carboxylic acid groups (broad SMARTS) is 1. The number of carbonyl (C=O) groups is 2. The predicted molar refractivity (Wildman–Crippen MR) is 65.1 cm³/mol. The van der Waals surface area contributed by atoms with Gasteiger partial charge in [0.2, 0.25) is 5.91 Å². The summed E-state index contributed by atoms with van der Waals surface area (Å²) >= 11 is 0. The molecule has 0 fully saturated rings. The number of hydrogen-bond donors (Lipinski definition) is 2. The number of halogens is 1. The lowest BCUT2D eigenvalue weighted by molar-refractivity contribution is -0.136. The van der Waals surface area contributed by atoms with Crippen LogP contribution in [-0.4, -0.2) is 32.2 Å². The molecular formula is C11H12FNO4S. The van der Waals surface area contributed by atoms with E-state index in [0.29, 0.717) is 0 Å². The topological polar surface area (TPSA) is 83.5 Å². The molecule has 0 heterocycles. The molecule has 0 radical (unpaired) electrons. The second kappa shape index (κ2) is 6.25. The van der Waals surface area contributed by atoms with Gasteiger partial charge in [-0.3, -0.25) is 13.8 Å². The molecule has 0 aliphatic heterocycles. The first-order chi connectivity index (χ1) is 8.41. The van der Waals surface area contributed by atoms with Crippen molar-refractivity contribution >= 4 is 28.4 Å². The lowest BCUT2D eigenvalue weighted by atomic mass is 10.3. The summed E-state index contributed by atoms with van der Waals surface area (Å²) in [6.45, 7) is 1.24. The maximum absolute atomic E-state index is 13.2. The fourth-order valence-corrected chi connectivity index (χ4v) is 1.92. The maximum Gasteiger partial charge on any atom is 0.318 e. The van der Waals surface area contributed by atoms with Gasteiger partial charge < -0.3 is 10.4 Å². The van der Waals surface area contributed by atoms with Crippen molar-refractivity contribution in [3.05, 3.63) is 30.1 Å². The highest BCUT2D eigenvalue weighted by Gasteiger charge is 2.21. The number of para-hydroxylation sites is 1. The summed E-state index contributed by atoms with van der Waals surface area (Å²) in [6.07, 6.45) is 0. The van der Waals surface area contributed by atoms with Gasteiger partial charge in [0, 0.05) is 10.8 Å². The first-order valence-electron chi connectivity index (χ1n) is 5.06. The summed E-state index contributed by atoms with van der Waals surface area (Å²) in [5.41, 5.74) is -0.0255. The Hall–Kier alpha value is -1.76. The minimum Gasteiger partial charge on any atom is -0.480 e. The van der Waals surface area contributed by atoms with E-state index in [2.05, 4.69) is 5.32 Å².